The molecule has 5 heteroatoms. The van der Waals surface area contributed by atoms with Crippen LogP contribution in [0.5, 0.6) is 0 Å². The topological polar surface area (TPSA) is 58.2 Å². The lowest BCUT2D eigenvalue weighted by Gasteiger charge is -2.08. The number of nitrogens with one attached hydrogen (secondary N) is 2. The Kier molecular flexibility index (Phi) is 4.42. The van der Waals surface area contributed by atoms with Crippen molar-refractivity contribution in [3.63, 3.8) is 0 Å². The molecule has 2 aromatic carbocycles. The minimum absolute atomic E-state index is 0.0372. The van der Waals surface area contributed by atoms with Crippen molar-refractivity contribution in [2.45, 2.75) is 12.8 Å². The summed E-state index contributed by atoms with van der Waals surface area (Å²) in [7, 11) is 0. The predicted molar refractivity (Wildman–Crippen MR) is 94.9 cm³/mol. The summed E-state index contributed by atoms with van der Waals surface area (Å²) in [5, 5.41) is 5.71. The highest BCUT2D eigenvalue weighted by Crippen LogP contribution is 2.30. The normalized spacial score (nSPS) is 13.5. The average molecular weight is 406 g/mol. The van der Waals surface area contributed by atoms with E-state index in [4.69, 9.17) is 0 Å². The molecule has 2 aromatic rings. The van der Waals surface area contributed by atoms with Crippen molar-refractivity contribution in [1.29, 1.82) is 0 Å². The van der Waals surface area contributed by atoms with Crippen LogP contribution in [0.4, 0.5) is 11.4 Å². The highest BCUT2D eigenvalue weighted by molar-refractivity contribution is 14.1. The summed E-state index contributed by atoms with van der Waals surface area (Å²) in [6, 6.07) is 14.6. The molecule has 2 N–H and O–H groups in total. The summed E-state index contributed by atoms with van der Waals surface area (Å²) < 4.78 is 1.06. The molecule has 0 aliphatic heterocycles. The van der Waals surface area contributed by atoms with Crippen LogP contribution in [-0.2, 0) is 4.79 Å². The fraction of sp³-hybridized carbons (Fsp3) is 0.176. The molecule has 1 aliphatic carbocycles. The van der Waals surface area contributed by atoms with Crippen LogP contribution in [0.15, 0.2) is 48.5 Å². The van der Waals surface area contributed by atoms with Gasteiger partial charge in [-0.1, -0.05) is 12.1 Å². The maximum atomic E-state index is 12.3. The van der Waals surface area contributed by atoms with Crippen LogP contribution in [0.25, 0.3) is 0 Å². The third-order valence-electron chi connectivity index (χ3n) is 3.42. The standard InChI is InChI=1S/C17H15IN2O2/c18-13-4-2-6-15(10-13)20-17(22)12-3-1-5-14(9-12)19-16(21)11-7-8-11/h1-6,9-11H,7-8H2,(H,19,21)(H,20,22). The van der Waals surface area contributed by atoms with Gasteiger partial charge in [0.15, 0.2) is 0 Å². The van der Waals surface area contributed by atoms with E-state index in [9.17, 15) is 9.59 Å². The van der Waals surface area contributed by atoms with E-state index in [0.717, 1.165) is 22.1 Å². The van der Waals surface area contributed by atoms with Gasteiger partial charge in [0.05, 0.1) is 0 Å². The molecule has 2 amide bonds. The van der Waals surface area contributed by atoms with Gasteiger partial charge in [0, 0.05) is 26.4 Å². The molecule has 0 unspecified atom stereocenters. The van der Waals surface area contributed by atoms with Crippen molar-refractivity contribution in [2.24, 2.45) is 5.92 Å². The molecule has 1 fully saturated rings. The van der Waals surface area contributed by atoms with Gasteiger partial charge in [-0.3, -0.25) is 9.59 Å². The first-order valence-electron chi connectivity index (χ1n) is 7.10. The molecule has 22 heavy (non-hydrogen) atoms. The summed E-state index contributed by atoms with van der Waals surface area (Å²) in [6.45, 7) is 0. The van der Waals surface area contributed by atoms with Crippen molar-refractivity contribution in [1.82, 2.24) is 0 Å². The molecule has 1 aliphatic rings. The summed E-state index contributed by atoms with van der Waals surface area (Å²) in [5.41, 5.74) is 1.93. The Morgan fingerprint density at radius 1 is 0.955 bits per heavy atom. The number of hydrogen-bond acceptors (Lipinski definition) is 2. The number of rotatable bonds is 4. The average Bonchev–Trinajstić information content (AvgIpc) is 3.32. The Morgan fingerprint density at radius 3 is 2.32 bits per heavy atom. The molecule has 1 saturated carbocycles. The monoisotopic (exact) mass is 406 g/mol. The Labute approximate surface area is 142 Å². The van der Waals surface area contributed by atoms with Crippen LogP contribution in [0.2, 0.25) is 0 Å². The van der Waals surface area contributed by atoms with Crippen LogP contribution in [-0.4, -0.2) is 11.8 Å². The van der Waals surface area contributed by atoms with Gasteiger partial charge < -0.3 is 10.6 Å². The third kappa shape index (κ3) is 3.85. The second-order valence-electron chi connectivity index (χ2n) is 5.31. The van der Waals surface area contributed by atoms with Crippen molar-refractivity contribution < 1.29 is 9.59 Å². The maximum Gasteiger partial charge on any atom is 0.255 e. The van der Waals surface area contributed by atoms with E-state index in [0.29, 0.717) is 11.3 Å². The van der Waals surface area contributed by atoms with E-state index in [-0.39, 0.29) is 17.7 Å². The molecule has 0 radical (unpaired) electrons. The van der Waals surface area contributed by atoms with Gasteiger partial charge in [0.25, 0.3) is 5.91 Å². The van der Waals surface area contributed by atoms with Crippen molar-refractivity contribution in [3.8, 4) is 0 Å². The molecule has 3 rings (SSSR count). The van der Waals surface area contributed by atoms with Gasteiger partial charge in [-0.05, 0) is 71.8 Å². The first-order chi connectivity index (χ1) is 10.6. The maximum absolute atomic E-state index is 12.3. The first kappa shape index (κ1) is 15.0. The molecule has 112 valence electrons. The van der Waals surface area contributed by atoms with E-state index in [1.54, 1.807) is 24.3 Å². The van der Waals surface area contributed by atoms with Gasteiger partial charge in [0.1, 0.15) is 0 Å². The zero-order valence-corrected chi connectivity index (χ0v) is 14.0. The van der Waals surface area contributed by atoms with Crippen molar-refractivity contribution >= 4 is 45.8 Å². The summed E-state index contributed by atoms with van der Waals surface area (Å²) in [5.74, 6) is -0.0106. The van der Waals surface area contributed by atoms with Crippen molar-refractivity contribution in [2.75, 3.05) is 10.6 Å². The number of amides is 2. The van der Waals surface area contributed by atoms with Gasteiger partial charge in [-0.2, -0.15) is 0 Å². The van der Waals surface area contributed by atoms with Gasteiger partial charge in [-0.25, -0.2) is 0 Å². The Hall–Kier alpha value is -1.89. The van der Waals surface area contributed by atoms with E-state index in [1.807, 2.05) is 24.3 Å². The molecule has 0 heterocycles. The lowest BCUT2D eigenvalue weighted by atomic mass is 10.1. The number of halogens is 1. The largest absolute Gasteiger partial charge is 0.326 e. The first-order valence-corrected chi connectivity index (χ1v) is 8.17. The highest BCUT2D eigenvalue weighted by atomic mass is 127. The number of anilines is 2. The summed E-state index contributed by atoms with van der Waals surface area (Å²) in [4.78, 5) is 24.1. The summed E-state index contributed by atoms with van der Waals surface area (Å²) >= 11 is 2.20. The highest BCUT2D eigenvalue weighted by Gasteiger charge is 2.29. The van der Waals surface area contributed by atoms with Crippen LogP contribution in [0.3, 0.4) is 0 Å². The third-order valence-corrected chi connectivity index (χ3v) is 4.09. The minimum atomic E-state index is -0.190. The quantitative estimate of drug-likeness (QED) is 0.757. The summed E-state index contributed by atoms with van der Waals surface area (Å²) in [6.07, 6.45) is 1.91. The van der Waals surface area contributed by atoms with E-state index in [2.05, 4.69) is 33.2 Å². The number of carbonyl (C=O) groups excluding carboxylic acids is 2. The van der Waals surface area contributed by atoms with Crippen LogP contribution in [0.1, 0.15) is 23.2 Å². The fourth-order valence-electron chi connectivity index (χ4n) is 2.10. The second-order valence-corrected chi connectivity index (χ2v) is 6.55. The lowest BCUT2D eigenvalue weighted by molar-refractivity contribution is -0.117. The van der Waals surface area contributed by atoms with E-state index >= 15 is 0 Å². The van der Waals surface area contributed by atoms with Crippen LogP contribution < -0.4 is 10.6 Å². The SMILES string of the molecule is O=C(Nc1cccc(I)c1)c1cccc(NC(=O)C2CC2)c1. The number of carbonyl (C=O) groups is 2. The fourth-order valence-corrected chi connectivity index (χ4v) is 2.64. The Morgan fingerprint density at radius 2 is 1.64 bits per heavy atom. The van der Waals surface area contributed by atoms with E-state index < -0.39 is 0 Å². The van der Waals surface area contributed by atoms with Gasteiger partial charge in [-0.15, -0.1) is 0 Å². The molecule has 4 nitrogen and oxygen atoms in total. The van der Waals surface area contributed by atoms with Crippen LogP contribution in [0, 0.1) is 9.49 Å². The predicted octanol–water partition coefficient (Wildman–Crippen LogP) is 3.89. The number of benzene rings is 2. The van der Waals surface area contributed by atoms with Crippen LogP contribution >= 0.6 is 22.6 Å². The van der Waals surface area contributed by atoms with E-state index in [1.165, 1.54) is 0 Å². The molecule has 0 saturated heterocycles. The molecular formula is C17H15IN2O2. The van der Waals surface area contributed by atoms with Gasteiger partial charge >= 0.3 is 0 Å². The molecule has 0 aromatic heterocycles. The Balaban J connectivity index is 1.70. The molecular weight excluding hydrogens is 391 g/mol. The number of hydrogen-bond donors (Lipinski definition) is 2. The Bertz CT molecular complexity index is 726. The minimum Gasteiger partial charge on any atom is -0.326 e. The zero-order chi connectivity index (χ0) is 15.5. The lowest BCUT2D eigenvalue weighted by Crippen LogP contribution is -2.15. The zero-order valence-electron chi connectivity index (χ0n) is 11.8. The molecule has 0 atom stereocenters. The molecule has 0 spiro atoms. The van der Waals surface area contributed by atoms with Crippen molar-refractivity contribution in [3.05, 3.63) is 57.7 Å². The molecule has 0 bridgehead atoms. The van der Waals surface area contributed by atoms with Gasteiger partial charge in [0.2, 0.25) is 5.91 Å². The second kappa shape index (κ2) is 6.48. The smallest absolute Gasteiger partial charge is 0.255 e.